The number of aliphatic hydroxyl groups is 1. The molecule has 0 aromatic heterocycles. The Kier molecular flexibility index (Phi) is 2.44. The van der Waals surface area contributed by atoms with Gasteiger partial charge in [-0.15, -0.1) is 0 Å². The second-order valence-electron chi connectivity index (χ2n) is 5.14. The molecule has 1 atom stereocenters. The number of esters is 1. The van der Waals surface area contributed by atoms with Crippen LogP contribution >= 0.6 is 0 Å². The lowest BCUT2D eigenvalue weighted by Crippen LogP contribution is -2.30. The molecule has 1 aliphatic carbocycles. The monoisotopic (exact) mass is 244 g/mol. The highest BCUT2D eigenvalue weighted by Gasteiger charge is 2.47. The number of ether oxygens (including phenoxy) is 1. The van der Waals surface area contributed by atoms with Gasteiger partial charge in [0.2, 0.25) is 0 Å². The second kappa shape index (κ2) is 3.87. The molecule has 3 nitrogen and oxygen atoms in total. The van der Waals surface area contributed by atoms with Crippen LogP contribution in [-0.2, 0) is 21.6 Å². The minimum Gasteiger partial charge on any atom is -0.512 e. The Morgan fingerprint density at radius 2 is 2.17 bits per heavy atom. The summed E-state index contributed by atoms with van der Waals surface area (Å²) >= 11 is 0. The molecule has 1 N–H and O–H groups in total. The maximum atomic E-state index is 11.9. The normalized spacial score (nSPS) is 29.1. The van der Waals surface area contributed by atoms with Crippen LogP contribution in [0.1, 0.15) is 37.3 Å². The molecule has 3 rings (SSSR count). The van der Waals surface area contributed by atoms with E-state index in [2.05, 4.69) is 6.07 Å². The van der Waals surface area contributed by atoms with Crippen molar-refractivity contribution in [1.29, 1.82) is 0 Å². The van der Waals surface area contributed by atoms with Crippen LogP contribution in [0.15, 0.2) is 35.6 Å². The summed E-state index contributed by atoms with van der Waals surface area (Å²) in [5, 5.41) is 9.56. The summed E-state index contributed by atoms with van der Waals surface area (Å²) < 4.78 is 5.63. The number of allylic oxidation sites excluding steroid dienone is 1. The van der Waals surface area contributed by atoms with Crippen molar-refractivity contribution < 1.29 is 14.6 Å². The summed E-state index contributed by atoms with van der Waals surface area (Å²) in [6.07, 6.45) is 3.38. The first kappa shape index (κ1) is 11.3. The fraction of sp³-hybridized carbons (Fsp3) is 0.400. The Morgan fingerprint density at radius 3 is 2.89 bits per heavy atom. The predicted molar refractivity (Wildman–Crippen MR) is 67.1 cm³/mol. The van der Waals surface area contributed by atoms with E-state index in [1.807, 2.05) is 18.2 Å². The van der Waals surface area contributed by atoms with E-state index < -0.39 is 5.60 Å². The van der Waals surface area contributed by atoms with E-state index in [4.69, 9.17) is 4.74 Å². The predicted octanol–water partition coefficient (Wildman–Crippen LogP) is 3.00. The molecule has 0 bridgehead atoms. The highest BCUT2D eigenvalue weighted by Crippen LogP contribution is 2.47. The Morgan fingerprint density at radius 1 is 1.39 bits per heavy atom. The number of carbonyl (C=O) groups excluding carboxylic acids is 1. The number of fused-ring (bicyclic) bond motifs is 2. The second-order valence-corrected chi connectivity index (χ2v) is 5.14. The third-order valence-corrected chi connectivity index (χ3v) is 3.97. The van der Waals surface area contributed by atoms with Gasteiger partial charge in [-0.3, -0.25) is 0 Å². The Bertz CT molecular complexity index is 540. The fourth-order valence-electron chi connectivity index (χ4n) is 3.08. The van der Waals surface area contributed by atoms with Crippen molar-refractivity contribution >= 4 is 5.97 Å². The molecule has 1 unspecified atom stereocenters. The molecule has 94 valence electrons. The van der Waals surface area contributed by atoms with Crippen LogP contribution in [0.3, 0.4) is 0 Å². The van der Waals surface area contributed by atoms with Crippen molar-refractivity contribution in [3.8, 4) is 0 Å². The third kappa shape index (κ3) is 1.54. The largest absolute Gasteiger partial charge is 0.512 e. The lowest BCUT2D eigenvalue weighted by Gasteiger charge is -2.33. The van der Waals surface area contributed by atoms with E-state index in [1.165, 1.54) is 5.56 Å². The van der Waals surface area contributed by atoms with Gasteiger partial charge in [0, 0.05) is 6.42 Å². The van der Waals surface area contributed by atoms with Gasteiger partial charge in [-0.25, -0.2) is 4.79 Å². The van der Waals surface area contributed by atoms with Crippen molar-refractivity contribution in [2.75, 3.05) is 0 Å². The standard InChI is InChI=1S/C15H16O3/c1-10(16)12-9-15(18-14(12)17)8-4-6-11-5-2-3-7-13(11)15/h2-3,5,7,16H,4,6,8-9H2,1H3/b12-10+. The molecule has 1 heterocycles. The van der Waals surface area contributed by atoms with Gasteiger partial charge in [0.15, 0.2) is 0 Å². The number of hydrogen-bond donors (Lipinski definition) is 1. The summed E-state index contributed by atoms with van der Waals surface area (Å²) in [4.78, 5) is 11.9. The number of aryl methyl sites for hydroxylation is 1. The SMILES string of the molecule is C/C(O)=C1/CC2(CCCc3ccccc32)OC1=O. The number of rotatable bonds is 0. The summed E-state index contributed by atoms with van der Waals surface area (Å²) in [5.41, 5.74) is 2.26. The van der Waals surface area contributed by atoms with Crippen LogP contribution in [0.5, 0.6) is 0 Å². The first-order valence-electron chi connectivity index (χ1n) is 6.33. The highest BCUT2D eigenvalue weighted by atomic mass is 16.6. The first-order chi connectivity index (χ1) is 8.62. The first-order valence-corrected chi connectivity index (χ1v) is 6.33. The molecule has 1 aromatic rings. The van der Waals surface area contributed by atoms with Gasteiger partial charge in [0.25, 0.3) is 0 Å². The summed E-state index contributed by atoms with van der Waals surface area (Å²) in [6, 6.07) is 8.13. The smallest absolute Gasteiger partial charge is 0.338 e. The summed E-state index contributed by atoms with van der Waals surface area (Å²) in [5.74, 6) is -0.286. The maximum Gasteiger partial charge on any atom is 0.338 e. The molecular weight excluding hydrogens is 228 g/mol. The van der Waals surface area contributed by atoms with Crippen LogP contribution in [0.4, 0.5) is 0 Å². The van der Waals surface area contributed by atoms with Gasteiger partial charge in [0.05, 0.1) is 11.3 Å². The molecular formula is C15H16O3. The maximum absolute atomic E-state index is 11.9. The Hall–Kier alpha value is -1.77. The molecule has 1 aromatic carbocycles. The van der Waals surface area contributed by atoms with E-state index in [9.17, 15) is 9.90 Å². The highest BCUT2D eigenvalue weighted by molar-refractivity contribution is 5.92. The zero-order chi connectivity index (χ0) is 12.8. The minimum absolute atomic E-state index is 0.0833. The number of carbonyl (C=O) groups is 1. The zero-order valence-corrected chi connectivity index (χ0v) is 10.4. The lowest BCUT2D eigenvalue weighted by atomic mass is 9.77. The molecule has 1 fully saturated rings. The van der Waals surface area contributed by atoms with Crippen LogP contribution < -0.4 is 0 Å². The van der Waals surface area contributed by atoms with Crippen molar-refractivity contribution in [3.05, 3.63) is 46.7 Å². The fourth-order valence-corrected chi connectivity index (χ4v) is 3.08. The average Bonchev–Trinajstić information content (AvgIpc) is 2.68. The van der Waals surface area contributed by atoms with Gasteiger partial charge in [0.1, 0.15) is 5.60 Å². The van der Waals surface area contributed by atoms with E-state index in [0.717, 1.165) is 24.8 Å². The summed E-state index contributed by atoms with van der Waals surface area (Å²) in [7, 11) is 0. The topological polar surface area (TPSA) is 46.5 Å². The average molecular weight is 244 g/mol. The molecule has 1 spiro atoms. The quantitative estimate of drug-likeness (QED) is 0.433. The van der Waals surface area contributed by atoms with Crippen molar-refractivity contribution in [1.82, 2.24) is 0 Å². The van der Waals surface area contributed by atoms with Gasteiger partial charge in [-0.2, -0.15) is 0 Å². The van der Waals surface area contributed by atoms with Crippen molar-refractivity contribution in [3.63, 3.8) is 0 Å². The van der Waals surface area contributed by atoms with Crippen LogP contribution in [0, 0.1) is 0 Å². The van der Waals surface area contributed by atoms with Crippen molar-refractivity contribution in [2.24, 2.45) is 0 Å². The third-order valence-electron chi connectivity index (χ3n) is 3.97. The molecule has 0 saturated carbocycles. The summed E-state index contributed by atoms with van der Waals surface area (Å²) in [6.45, 7) is 1.55. The molecule has 2 aliphatic rings. The Labute approximate surface area is 106 Å². The lowest BCUT2D eigenvalue weighted by molar-refractivity contribution is -0.148. The molecule has 3 heteroatoms. The van der Waals surface area contributed by atoms with Crippen molar-refractivity contribution in [2.45, 2.75) is 38.2 Å². The van der Waals surface area contributed by atoms with E-state index in [0.29, 0.717) is 12.0 Å². The van der Waals surface area contributed by atoms with Crippen LogP contribution in [-0.4, -0.2) is 11.1 Å². The molecule has 1 saturated heterocycles. The molecule has 1 aliphatic heterocycles. The number of aliphatic hydroxyl groups excluding tert-OH is 1. The van der Waals surface area contributed by atoms with E-state index >= 15 is 0 Å². The van der Waals surface area contributed by atoms with Crippen LogP contribution in [0.25, 0.3) is 0 Å². The van der Waals surface area contributed by atoms with E-state index in [-0.39, 0.29) is 11.7 Å². The van der Waals surface area contributed by atoms with Gasteiger partial charge in [-0.1, -0.05) is 24.3 Å². The molecule has 18 heavy (non-hydrogen) atoms. The minimum atomic E-state index is -0.536. The Balaban J connectivity index is 2.09. The zero-order valence-electron chi connectivity index (χ0n) is 10.4. The van der Waals surface area contributed by atoms with Crippen LogP contribution in [0.2, 0.25) is 0 Å². The van der Waals surface area contributed by atoms with Gasteiger partial charge >= 0.3 is 5.97 Å². The van der Waals surface area contributed by atoms with E-state index in [1.54, 1.807) is 6.92 Å². The molecule has 0 radical (unpaired) electrons. The number of benzene rings is 1. The van der Waals surface area contributed by atoms with Gasteiger partial charge in [-0.05, 0) is 37.3 Å². The number of hydrogen-bond acceptors (Lipinski definition) is 3. The molecule has 0 amide bonds. The van der Waals surface area contributed by atoms with Gasteiger partial charge < -0.3 is 9.84 Å².